The van der Waals surface area contributed by atoms with Crippen molar-refractivity contribution in [2.45, 2.75) is 6.54 Å². The molecule has 3 aromatic rings. The maximum atomic E-state index is 12.7. The number of imidazole rings is 1. The Balaban J connectivity index is 1.86. The number of amides is 1. The second-order valence-electron chi connectivity index (χ2n) is 5.82. The molecule has 4 nitrogen and oxygen atoms in total. The molecule has 0 atom stereocenters. The minimum Gasteiger partial charge on any atom is -0.336 e. The molecule has 0 radical (unpaired) electrons. The topological polar surface area (TPSA) is 38.1 Å². The summed E-state index contributed by atoms with van der Waals surface area (Å²) in [6.45, 7) is 0.419. The number of carbonyl (C=O) groups excluding carboxylic acids is 1. The van der Waals surface area contributed by atoms with Gasteiger partial charge in [0.15, 0.2) is 0 Å². The summed E-state index contributed by atoms with van der Waals surface area (Å²) in [6.07, 6.45) is 1.70. The van der Waals surface area contributed by atoms with Gasteiger partial charge in [0, 0.05) is 12.6 Å². The zero-order valence-electron chi connectivity index (χ0n) is 13.5. The van der Waals surface area contributed by atoms with Crippen LogP contribution in [0.25, 0.3) is 5.69 Å². The molecule has 1 aromatic heterocycles. The van der Waals surface area contributed by atoms with Crippen molar-refractivity contribution in [1.29, 1.82) is 0 Å². The Bertz CT molecular complexity index is 1030. The number of halogens is 1. The zero-order chi connectivity index (χ0) is 17.4. The van der Waals surface area contributed by atoms with Crippen LogP contribution < -0.4 is 0 Å². The molecule has 0 spiro atoms. The van der Waals surface area contributed by atoms with Crippen molar-refractivity contribution in [3.63, 3.8) is 0 Å². The molecule has 0 saturated heterocycles. The summed E-state index contributed by atoms with van der Waals surface area (Å²) in [5.74, 6) is 6.14. The Morgan fingerprint density at radius 2 is 1.88 bits per heavy atom. The Labute approximate surface area is 150 Å². The molecule has 0 N–H and O–H groups in total. The van der Waals surface area contributed by atoms with Gasteiger partial charge in [-0.25, -0.2) is 4.98 Å². The minimum atomic E-state index is -0.105. The molecule has 0 fully saturated rings. The quantitative estimate of drug-likeness (QED) is 0.584. The van der Waals surface area contributed by atoms with Crippen LogP contribution in [0.15, 0.2) is 54.9 Å². The molecule has 5 heteroatoms. The SMILES string of the molecule is CN1Cc2c(C#Cc3ccccc3)ncn2-c2cccc(Cl)c2C1=O. The number of aromatic nitrogens is 2. The molecular weight excluding hydrogens is 334 g/mol. The molecule has 1 amide bonds. The second-order valence-corrected chi connectivity index (χ2v) is 6.23. The van der Waals surface area contributed by atoms with Gasteiger partial charge in [0.05, 0.1) is 28.5 Å². The number of fused-ring (bicyclic) bond motifs is 3. The third-order valence-corrected chi connectivity index (χ3v) is 4.48. The van der Waals surface area contributed by atoms with Crippen LogP contribution in [0.1, 0.15) is 27.3 Å². The lowest BCUT2D eigenvalue weighted by Crippen LogP contribution is -2.25. The fourth-order valence-corrected chi connectivity index (χ4v) is 3.15. The normalized spacial score (nSPS) is 12.7. The molecule has 2 heterocycles. The summed E-state index contributed by atoms with van der Waals surface area (Å²) < 4.78 is 1.90. The van der Waals surface area contributed by atoms with Crippen LogP contribution in [0.4, 0.5) is 0 Å². The van der Waals surface area contributed by atoms with Crippen LogP contribution >= 0.6 is 11.6 Å². The Morgan fingerprint density at radius 3 is 2.68 bits per heavy atom. The fourth-order valence-electron chi connectivity index (χ4n) is 2.90. The molecule has 2 aromatic carbocycles. The van der Waals surface area contributed by atoms with Crippen molar-refractivity contribution in [2.75, 3.05) is 7.05 Å². The van der Waals surface area contributed by atoms with Gasteiger partial charge < -0.3 is 4.90 Å². The second kappa shape index (κ2) is 6.12. The van der Waals surface area contributed by atoms with Crippen LogP contribution in [-0.2, 0) is 6.54 Å². The molecule has 122 valence electrons. The zero-order valence-corrected chi connectivity index (χ0v) is 14.3. The van der Waals surface area contributed by atoms with Crippen molar-refractivity contribution in [2.24, 2.45) is 0 Å². The molecule has 1 aliphatic rings. The minimum absolute atomic E-state index is 0.105. The van der Waals surface area contributed by atoms with Gasteiger partial charge >= 0.3 is 0 Å². The van der Waals surface area contributed by atoms with Gasteiger partial charge in [-0.2, -0.15) is 0 Å². The van der Waals surface area contributed by atoms with Crippen LogP contribution in [0.5, 0.6) is 0 Å². The van der Waals surface area contributed by atoms with E-state index in [4.69, 9.17) is 11.6 Å². The van der Waals surface area contributed by atoms with Crippen molar-refractivity contribution in [3.05, 3.63) is 82.4 Å². The van der Waals surface area contributed by atoms with Gasteiger partial charge in [0.2, 0.25) is 0 Å². The highest BCUT2D eigenvalue weighted by Gasteiger charge is 2.27. The molecule has 0 bridgehead atoms. The summed E-state index contributed by atoms with van der Waals surface area (Å²) in [4.78, 5) is 18.8. The standard InChI is InChI=1S/C20H14ClN3O/c1-23-12-18-16(11-10-14-6-3-2-4-7-14)22-13-24(18)17-9-5-8-15(21)19(17)20(23)25/h2-9,13H,12H2,1H3. The van der Waals surface area contributed by atoms with Crippen molar-refractivity contribution < 1.29 is 4.79 Å². The highest BCUT2D eigenvalue weighted by Crippen LogP contribution is 2.30. The van der Waals surface area contributed by atoms with E-state index in [1.165, 1.54) is 0 Å². The Morgan fingerprint density at radius 1 is 1.08 bits per heavy atom. The monoisotopic (exact) mass is 347 g/mol. The van der Waals surface area contributed by atoms with Crippen molar-refractivity contribution >= 4 is 17.5 Å². The lowest BCUT2D eigenvalue weighted by atomic mass is 10.1. The highest BCUT2D eigenvalue weighted by atomic mass is 35.5. The third-order valence-electron chi connectivity index (χ3n) is 4.16. The van der Waals surface area contributed by atoms with E-state index >= 15 is 0 Å². The number of hydrogen-bond donors (Lipinski definition) is 0. The maximum Gasteiger partial charge on any atom is 0.257 e. The fraction of sp³-hybridized carbons (Fsp3) is 0.100. The first-order chi connectivity index (χ1) is 12.1. The van der Waals surface area contributed by atoms with Crippen molar-refractivity contribution in [1.82, 2.24) is 14.5 Å². The van der Waals surface area contributed by atoms with E-state index in [9.17, 15) is 4.79 Å². The van der Waals surface area contributed by atoms with E-state index in [2.05, 4.69) is 16.8 Å². The van der Waals surface area contributed by atoms with Gasteiger partial charge in [-0.15, -0.1) is 0 Å². The first-order valence-corrected chi connectivity index (χ1v) is 8.20. The number of benzene rings is 2. The van der Waals surface area contributed by atoms with Gasteiger partial charge in [0.25, 0.3) is 5.91 Å². The van der Waals surface area contributed by atoms with Crippen LogP contribution in [0.2, 0.25) is 5.02 Å². The summed E-state index contributed by atoms with van der Waals surface area (Å²) in [5, 5.41) is 0.438. The largest absolute Gasteiger partial charge is 0.336 e. The average molecular weight is 348 g/mol. The van der Waals surface area contributed by atoms with E-state index in [0.717, 1.165) is 16.9 Å². The number of nitrogens with zero attached hydrogens (tertiary/aromatic N) is 3. The van der Waals surface area contributed by atoms with Crippen LogP contribution in [0.3, 0.4) is 0 Å². The van der Waals surface area contributed by atoms with E-state index in [1.807, 2.05) is 47.0 Å². The smallest absolute Gasteiger partial charge is 0.257 e. The summed E-state index contributed by atoms with van der Waals surface area (Å²) in [6, 6.07) is 15.2. The van der Waals surface area contributed by atoms with Gasteiger partial charge in [0.1, 0.15) is 12.0 Å². The van der Waals surface area contributed by atoms with E-state index < -0.39 is 0 Å². The van der Waals surface area contributed by atoms with Crippen LogP contribution in [0, 0.1) is 11.8 Å². The van der Waals surface area contributed by atoms with Gasteiger partial charge in [-0.05, 0) is 30.2 Å². The first kappa shape index (κ1) is 15.5. The predicted octanol–water partition coefficient (Wildman–Crippen LogP) is 3.51. The average Bonchev–Trinajstić information content (AvgIpc) is 2.98. The van der Waals surface area contributed by atoms with Gasteiger partial charge in [-0.3, -0.25) is 9.36 Å². The van der Waals surface area contributed by atoms with Crippen molar-refractivity contribution in [3.8, 4) is 17.5 Å². The summed E-state index contributed by atoms with van der Waals surface area (Å²) in [5.41, 5.74) is 3.69. The highest BCUT2D eigenvalue weighted by molar-refractivity contribution is 6.34. The van der Waals surface area contributed by atoms with Crippen LogP contribution in [-0.4, -0.2) is 27.4 Å². The molecule has 25 heavy (non-hydrogen) atoms. The first-order valence-electron chi connectivity index (χ1n) is 7.83. The lowest BCUT2D eigenvalue weighted by Gasteiger charge is -2.14. The Hall–Kier alpha value is -3.03. The summed E-state index contributed by atoms with van der Waals surface area (Å²) in [7, 11) is 1.76. The summed E-state index contributed by atoms with van der Waals surface area (Å²) >= 11 is 6.28. The number of carbonyl (C=O) groups is 1. The van der Waals surface area contributed by atoms with E-state index in [-0.39, 0.29) is 5.91 Å². The van der Waals surface area contributed by atoms with E-state index in [0.29, 0.717) is 22.8 Å². The predicted molar refractivity (Wildman–Crippen MR) is 96.8 cm³/mol. The molecule has 1 aliphatic heterocycles. The molecule has 4 rings (SSSR count). The number of hydrogen-bond acceptors (Lipinski definition) is 2. The molecular formula is C20H14ClN3O. The van der Waals surface area contributed by atoms with Gasteiger partial charge in [-0.1, -0.05) is 41.8 Å². The molecule has 0 aliphatic carbocycles. The van der Waals surface area contributed by atoms with E-state index in [1.54, 1.807) is 24.3 Å². The maximum absolute atomic E-state index is 12.7. The molecule has 0 unspecified atom stereocenters. The number of rotatable bonds is 0. The lowest BCUT2D eigenvalue weighted by molar-refractivity contribution is 0.0788. The Kier molecular flexibility index (Phi) is 3.79. The third kappa shape index (κ3) is 2.69. The molecule has 0 saturated carbocycles.